The van der Waals surface area contributed by atoms with Gasteiger partial charge in [-0.2, -0.15) is 0 Å². The number of hydrogen-bond acceptors (Lipinski definition) is 4. The number of allylic oxidation sites excluding steroid dienone is 2. The van der Waals surface area contributed by atoms with E-state index in [0.29, 0.717) is 5.84 Å². The van der Waals surface area contributed by atoms with Crippen molar-refractivity contribution in [2.24, 2.45) is 21.8 Å². The molecular formula is C39H44N4O. The Morgan fingerprint density at radius 2 is 1.68 bits per heavy atom. The number of nitrogens with zero attached hydrogens (tertiary/aromatic N) is 3. The highest BCUT2D eigenvalue weighted by atomic mass is 16.2. The van der Waals surface area contributed by atoms with Crippen molar-refractivity contribution in [2.45, 2.75) is 72.1 Å². The van der Waals surface area contributed by atoms with Crippen molar-refractivity contribution in [3.63, 3.8) is 0 Å². The van der Waals surface area contributed by atoms with E-state index in [2.05, 4.69) is 97.2 Å². The van der Waals surface area contributed by atoms with Gasteiger partial charge in [-0.15, -0.1) is 0 Å². The molecule has 2 aliphatic heterocycles. The molecule has 0 bridgehead atoms. The predicted octanol–water partition coefficient (Wildman–Crippen LogP) is 8.65. The molecule has 3 aromatic rings. The van der Waals surface area contributed by atoms with Crippen LogP contribution in [-0.4, -0.2) is 24.1 Å². The van der Waals surface area contributed by atoms with Crippen LogP contribution in [0, 0.1) is 11.8 Å². The van der Waals surface area contributed by atoms with E-state index in [-0.39, 0.29) is 12.5 Å². The second-order valence-corrected chi connectivity index (χ2v) is 12.8. The van der Waals surface area contributed by atoms with Gasteiger partial charge in [0.05, 0.1) is 0 Å². The summed E-state index contributed by atoms with van der Waals surface area (Å²) in [5, 5.41) is 2.89. The number of nitrogens with one attached hydrogen (secondary N) is 1. The van der Waals surface area contributed by atoms with Crippen LogP contribution in [-0.2, 0) is 17.6 Å². The van der Waals surface area contributed by atoms with Crippen LogP contribution in [0.15, 0.2) is 106 Å². The van der Waals surface area contributed by atoms with Crippen molar-refractivity contribution in [1.82, 2.24) is 5.32 Å². The smallest absolute Gasteiger partial charge is 0.247 e. The van der Waals surface area contributed by atoms with Crippen molar-refractivity contribution in [3.8, 4) is 11.1 Å². The van der Waals surface area contributed by atoms with Gasteiger partial charge in [-0.05, 0) is 72.4 Å². The van der Waals surface area contributed by atoms with Crippen molar-refractivity contribution < 1.29 is 4.79 Å². The summed E-state index contributed by atoms with van der Waals surface area (Å²) in [5.41, 5.74) is 10.2. The molecule has 3 aromatic carbocycles. The summed E-state index contributed by atoms with van der Waals surface area (Å²) in [4.78, 5) is 23.5. The molecule has 1 amide bonds. The van der Waals surface area contributed by atoms with Crippen LogP contribution < -0.4 is 10.2 Å². The van der Waals surface area contributed by atoms with Crippen LogP contribution in [0.25, 0.3) is 11.1 Å². The predicted molar refractivity (Wildman–Crippen MR) is 183 cm³/mol. The quantitative estimate of drug-likeness (QED) is 0.274. The van der Waals surface area contributed by atoms with Gasteiger partial charge in [0.1, 0.15) is 18.2 Å². The Balaban J connectivity index is 1.21. The fraction of sp³-hybridized carbons (Fsp3) is 0.359. The Kier molecular flexibility index (Phi) is 8.92. The molecule has 3 aliphatic rings. The number of amides is 1. The highest BCUT2D eigenvalue weighted by molar-refractivity contribution is 6.15. The number of benzene rings is 3. The summed E-state index contributed by atoms with van der Waals surface area (Å²) < 4.78 is 0. The lowest BCUT2D eigenvalue weighted by atomic mass is 9.79. The SMILES string of the molecule is C=C1C(Cc2ccc(-c3ccccc3C3=NCC(=O)N3)cc2)=C(CCC)N=C(C)N1c1ccc(CC2CCCC(C)C2)cc1. The van der Waals surface area contributed by atoms with Gasteiger partial charge in [-0.3, -0.25) is 14.7 Å². The number of anilines is 1. The molecule has 5 nitrogen and oxygen atoms in total. The Bertz CT molecular complexity index is 1630. The van der Waals surface area contributed by atoms with E-state index in [9.17, 15) is 4.79 Å². The highest BCUT2D eigenvalue weighted by Crippen LogP contribution is 2.36. The fourth-order valence-electron chi connectivity index (χ4n) is 7.12. The van der Waals surface area contributed by atoms with E-state index >= 15 is 0 Å². The van der Waals surface area contributed by atoms with E-state index in [0.717, 1.165) is 70.7 Å². The first-order valence-corrected chi connectivity index (χ1v) is 16.3. The van der Waals surface area contributed by atoms with Gasteiger partial charge in [-0.1, -0.05) is 107 Å². The van der Waals surface area contributed by atoms with E-state index in [1.54, 1.807) is 0 Å². The van der Waals surface area contributed by atoms with Crippen molar-refractivity contribution in [3.05, 3.63) is 113 Å². The number of hydrogen-bond donors (Lipinski definition) is 1. The fourth-order valence-corrected chi connectivity index (χ4v) is 7.12. The minimum atomic E-state index is -0.0639. The Morgan fingerprint density at radius 1 is 0.955 bits per heavy atom. The van der Waals surface area contributed by atoms with Crippen LogP contribution in [0.3, 0.4) is 0 Å². The zero-order chi connectivity index (χ0) is 30.6. The number of rotatable bonds is 9. The third-order valence-corrected chi connectivity index (χ3v) is 9.30. The minimum absolute atomic E-state index is 0.0639. The molecule has 0 saturated heterocycles. The second kappa shape index (κ2) is 13.2. The lowest BCUT2D eigenvalue weighted by Crippen LogP contribution is -2.32. The Hall–Kier alpha value is -4.25. The van der Waals surface area contributed by atoms with Crippen molar-refractivity contribution in [2.75, 3.05) is 11.4 Å². The molecule has 1 saturated carbocycles. The average Bonchev–Trinajstić information content (AvgIpc) is 3.46. The molecule has 2 atom stereocenters. The van der Waals surface area contributed by atoms with Crippen LogP contribution in [0.4, 0.5) is 5.69 Å². The summed E-state index contributed by atoms with van der Waals surface area (Å²) in [7, 11) is 0. The van der Waals surface area contributed by atoms with Gasteiger partial charge in [0, 0.05) is 34.6 Å². The third kappa shape index (κ3) is 6.47. The molecule has 0 spiro atoms. The topological polar surface area (TPSA) is 57.1 Å². The number of carbonyl (C=O) groups excluding carboxylic acids is 1. The van der Waals surface area contributed by atoms with Crippen molar-refractivity contribution >= 4 is 23.3 Å². The molecule has 6 rings (SSSR count). The maximum Gasteiger partial charge on any atom is 0.247 e. The van der Waals surface area contributed by atoms with Gasteiger partial charge >= 0.3 is 0 Å². The standard InChI is InChI=1S/C39H44N4O/c1-5-9-37-36(24-30-14-18-32(19-15-30)34-12-6-7-13-35(34)39-40-25-38(44)42-39)27(3)43(28(4)41-37)33-20-16-29(17-21-33)23-31-11-8-10-26(2)22-31/h6-7,12-21,26,31H,3,5,8-11,22-25H2,1-2,4H3,(H,40,42,44). The molecule has 2 unspecified atom stereocenters. The summed E-state index contributed by atoms with van der Waals surface area (Å²) in [5.74, 6) is 3.22. The molecule has 1 fully saturated rings. The Labute approximate surface area is 262 Å². The monoisotopic (exact) mass is 584 g/mol. The van der Waals surface area contributed by atoms with Gasteiger partial charge < -0.3 is 5.32 Å². The zero-order valence-electron chi connectivity index (χ0n) is 26.4. The minimum Gasteiger partial charge on any atom is -0.309 e. The molecule has 44 heavy (non-hydrogen) atoms. The lowest BCUT2D eigenvalue weighted by molar-refractivity contribution is -0.117. The molecular weight excluding hydrogens is 540 g/mol. The number of aliphatic imine (C=N–C) groups is 2. The van der Waals surface area contributed by atoms with Gasteiger partial charge in [0.2, 0.25) is 5.91 Å². The summed E-state index contributed by atoms with van der Waals surface area (Å²) in [6, 6.07) is 25.9. The van der Waals surface area contributed by atoms with Gasteiger partial charge in [-0.25, -0.2) is 4.99 Å². The zero-order valence-corrected chi connectivity index (χ0v) is 26.4. The molecule has 0 radical (unpaired) electrons. The first-order chi connectivity index (χ1) is 21.4. The van der Waals surface area contributed by atoms with Gasteiger partial charge in [0.15, 0.2) is 0 Å². The molecule has 1 aliphatic carbocycles. The normalized spacial score (nSPS) is 20.5. The lowest BCUT2D eigenvalue weighted by Gasteiger charge is -2.33. The number of amidine groups is 2. The van der Waals surface area contributed by atoms with Crippen LogP contribution >= 0.6 is 0 Å². The third-order valence-electron chi connectivity index (χ3n) is 9.30. The van der Waals surface area contributed by atoms with E-state index in [1.807, 2.05) is 18.2 Å². The molecule has 226 valence electrons. The van der Waals surface area contributed by atoms with Crippen LogP contribution in [0.2, 0.25) is 0 Å². The summed E-state index contributed by atoms with van der Waals surface area (Å²) in [6.07, 6.45) is 9.37. The average molecular weight is 585 g/mol. The molecule has 5 heteroatoms. The van der Waals surface area contributed by atoms with E-state index < -0.39 is 0 Å². The maximum absolute atomic E-state index is 11.8. The van der Waals surface area contributed by atoms with Crippen LogP contribution in [0.5, 0.6) is 0 Å². The maximum atomic E-state index is 11.8. The largest absolute Gasteiger partial charge is 0.309 e. The van der Waals surface area contributed by atoms with Crippen molar-refractivity contribution in [1.29, 1.82) is 0 Å². The second-order valence-electron chi connectivity index (χ2n) is 12.8. The first kappa shape index (κ1) is 29.8. The van der Waals surface area contributed by atoms with Gasteiger partial charge in [0.25, 0.3) is 0 Å². The first-order valence-electron chi connectivity index (χ1n) is 16.3. The summed E-state index contributed by atoms with van der Waals surface area (Å²) in [6.45, 7) is 11.5. The molecule has 2 heterocycles. The van der Waals surface area contributed by atoms with E-state index in [1.165, 1.54) is 48.8 Å². The molecule has 0 aromatic heterocycles. The van der Waals surface area contributed by atoms with Crippen LogP contribution in [0.1, 0.15) is 76.0 Å². The highest BCUT2D eigenvalue weighted by Gasteiger charge is 2.26. The van der Waals surface area contributed by atoms with E-state index in [4.69, 9.17) is 4.99 Å². The Morgan fingerprint density at radius 3 is 2.36 bits per heavy atom. The number of carbonyl (C=O) groups is 1. The molecule has 1 N–H and O–H groups in total. The summed E-state index contributed by atoms with van der Waals surface area (Å²) >= 11 is 0.